The molecule has 5 heteroatoms. The highest BCUT2D eigenvalue weighted by atomic mass is 32.1. The highest BCUT2D eigenvalue weighted by Gasteiger charge is 2.17. The summed E-state index contributed by atoms with van der Waals surface area (Å²) >= 11 is 1.74. The predicted octanol–water partition coefficient (Wildman–Crippen LogP) is 2.87. The minimum atomic E-state index is 0.225. The zero-order valence-corrected chi connectivity index (χ0v) is 14.4. The van der Waals surface area contributed by atoms with Crippen LogP contribution in [0.15, 0.2) is 30.3 Å². The van der Waals surface area contributed by atoms with Crippen molar-refractivity contribution in [2.24, 2.45) is 0 Å². The monoisotopic (exact) mass is 329 g/mol. The van der Waals surface area contributed by atoms with Crippen molar-refractivity contribution in [3.63, 3.8) is 0 Å². The fourth-order valence-corrected chi connectivity index (χ4v) is 3.81. The molecule has 0 atom stereocenters. The molecule has 2 heterocycles. The van der Waals surface area contributed by atoms with Gasteiger partial charge in [0.15, 0.2) is 0 Å². The minimum absolute atomic E-state index is 0.225. The minimum Gasteiger partial charge on any atom is -0.342 e. The highest BCUT2D eigenvalue weighted by Crippen LogP contribution is 2.27. The van der Waals surface area contributed by atoms with E-state index in [1.807, 2.05) is 23.1 Å². The number of nitrogens with one attached hydrogen (secondary N) is 1. The molecule has 122 valence electrons. The summed E-state index contributed by atoms with van der Waals surface area (Å²) in [4.78, 5) is 19.9. The zero-order valence-electron chi connectivity index (χ0n) is 13.5. The molecule has 0 bridgehead atoms. The van der Waals surface area contributed by atoms with Gasteiger partial charge in [-0.15, -0.1) is 11.3 Å². The van der Waals surface area contributed by atoms with E-state index >= 15 is 0 Å². The van der Waals surface area contributed by atoms with Crippen molar-refractivity contribution < 1.29 is 4.79 Å². The smallest absolute Gasteiger partial charge is 0.236 e. The van der Waals surface area contributed by atoms with Gasteiger partial charge < -0.3 is 10.2 Å². The van der Waals surface area contributed by atoms with Gasteiger partial charge in [0.1, 0.15) is 5.01 Å². The molecule has 1 amide bonds. The Morgan fingerprint density at radius 3 is 2.74 bits per heavy atom. The summed E-state index contributed by atoms with van der Waals surface area (Å²) in [6.07, 6.45) is 3.15. The predicted molar refractivity (Wildman–Crippen MR) is 94.7 cm³/mol. The molecule has 0 unspecified atom stereocenters. The molecular weight excluding hydrogens is 306 g/mol. The van der Waals surface area contributed by atoms with E-state index in [1.54, 1.807) is 11.3 Å². The van der Waals surface area contributed by atoms with Crippen molar-refractivity contribution in [2.45, 2.75) is 26.2 Å². The quantitative estimate of drug-likeness (QED) is 0.829. The number of hydrogen-bond acceptors (Lipinski definition) is 4. The van der Waals surface area contributed by atoms with E-state index in [9.17, 15) is 4.79 Å². The first kappa shape index (κ1) is 16.1. The van der Waals surface area contributed by atoms with E-state index in [0.29, 0.717) is 6.54 Å². The average molecular weight is 329 g/mol. The SMILES string of the molecule is Cc1sc(-c2ccccc2)nc1CCNCC(=O)N1CCCC1. The molecule has 3 rings (SSSR count). The Morgan fingerprint density at radius 2 is 2.00 bits per heavy atom. The lowest BCUT2D eigenvalue weighted by atomic mass is 10.2. The summed E-state index contributed by atoms with van der Waals surface area (Å²) < 4.78 is 0. The van der Waals surface area contributed by atoms with E-state index < -0.39 is 0 Å². The van der Waals surface area contributed by atoms with E-state index in [4.69, 9.17) is 4.98 Å². The van der Waals surface area contributed by atoms with Crippen LogP contribution in [0.4, 0.5) is 0 Å². The van der Waals surface area contributed by atoms with Crippen molar-refractivity contribution in [3.8, 4) is 10.6 Å². The van der Waals surface area contributed by atoms with E-state index in [2.05, 4.69) is 24.4 Å². The largest absolute Gasteiger partial charge is 0.342 e. The zero-order chi connectivity index (χ0) is 16.1. The lowest BCUT2D eigenvalue weighted by Crippen LogP contribution is -2.36. The van der Waals surface area contributed by atoms with Gasteiger partial charge in [-0.2, -0.15) is 0 Å². The number of aromatic nitrogens is 1. The molecule has 0 radical (unpaired) electrons. The maximum Gasteiger partial charge on any atom is 0.236 e. The molecule has 1 aromatic heterocycles. The lowest BCUT2D eigenvalue weighted by molar-refractivity contribution is -0.129. The summed E-state index contributed by atoms with van der Waals surface area (Å²) in [5.41, 5.74) is 2.30. The number of amides is 1. The van der Waals surface area contributed by atoms with Gasteiger partial charge in [-0.3, -0.25) is 4.79 Å². The molecule has 1 aliphatic heterocycles. The second-order valence-electron chi connectivity index (χ2n) is 5.90. The summed E-state index contributed by atoms with van der Waals surface area (Å²) in [6, 6.07) is 10.3. The van der Waals surface area contributed by atoms with Crippen LogP contribution in [0, 0.1) is 6.92 Å². The number of thiazole rings is 1. The molecule has 1 aromatic carbocycles. The number of rotatable bonds is 6. The highest BCUT2D eigenvalue weighted by molar-refractivity contribution is 7.15. The van der Waals surface area contributed by atoms with Gasteiger partial charge in [-0.1, -0.05) is 30.3 Å². The van der Waals surface area contributed by atoms with Crippen molar-refractivity contribution in [3.05, 3.63) is 40.9 Å². The number of carbonyl (C=O) groups excluding carboxylic acids is 1. The van der Waals surface area contributed by atoms with Gasteiger partial charge in [-0.25, -0.2) is 4.98 Å². The Labute approximate surface area is 141 Å². The molecular formula is C18H23N3OS. The second kappa shape index (κ2) is 7.70. The molecule has 2 aromatic rings. The summed E-state index contributed by atoms with van der Waals surface area (Å²) in [5.74, 6) is 0.225. The molecule has 1 aliphatic rings. The van der Waals surface area contributed by atoms with Gasteiger partial charge in [0.05, 0.1) is 12.2 Å². The van der Waals surface area contributed by atoms with Gasteiger partial charge >= 0.3 is 0 Å². The Morgan fingerprint density at radius 1 is 1.26 bits per heavy atom. The van der Waals surface area contributed by atoms with Crippen LogP contribution in [0.2, 0.25) is 0 Å². The third-order valence-corrected chi connectivity index (χ3v) is 5.25. The molecule has 4 nitrogen and oxygen atoms in total. The Hall–Kier alpha value is -1.72. The van der Waals surface area contributed by atoms with Crippen LogP contribution >= 0.6 is 11.3 Å². The number of benzene rings is 1. The van der Waals surface area contributed by atoms with Crippen molar-refractivity contribution in [1.29, 1.82) is 0 Å². The summed E-state index contributed by atoms with van der Waals surface area (Å²) in [5, 5.41) is 4.34. The molecule has 1 N–H and O–H groups in total. The number of carbonyl (C=O) groups is 1. The molecule has 1 fully saturated rings. The van der Waals surface area contributed by atoms with Gasteiger partial charge in [0.2, 0.25) is 5.91 Å². The van der Waals surface area contributed by atoms with Crippen LogP contribution in [-0.4, -0.2) is 42.0 Å². The van der Waals surface area contributed by atoms with Gasteiger partial charge in [0.25, 0.3) is 0 Å². The van der Waals surface area contributed by atoms with Crippen LogP contribution in [0.3, 0.4) is 0 Å². The number of aryl methyl sites for hydroxylation is 1. The Balaban J connectivity index is 1.49. The first-order valence-corrected chi connectivity index (χ1v) is 9.06. The van der Waals surface area contributed by atoms with Crippen molar-refractivity contribution in [1.82, 2.24) is 15.2 Å². The number of likely N-dealkylation sites (tertiary alicyclic amines) is 1. The second-order valence-corrected chi connectivity index (χ2v) is 7.11. The van der Waals surface area contributed by atoms with Gasteiger partial charge in [0, 0.05) is 36.5 Å². The molecule has 0 spiro atoms. The first-order chi connectivity index (χ1) is 11.2. The maximum atomic E-state index is 12.0. The van der Waals surface area contributed by atoms with Crippen LogP contribution < -0.4 is 5.32 Å². The van der Waals surface area contributed by atoms with E-state index in [0.717, 1.165) is 49.6 Å². The Kier molecular flexibility index (Phi) is 5.41. The summed E-state index contributed by atoms with van der Waals surface area (Å²) in [6.45, 7) is 5.19. The van der Waals surface area contributed by atoms with Gasteiger partial charge in [-0.05, 0) is 19.8 Å². The normalized spacial score (nSPS) is 14.4. The average Bonchev–Trinajstić information content (AvgIpc) is 3.22. The maximum absolute atomic E-state index is 12.0. The fraction of sp³-hybridized carbons (Fsp3) is 0.444. The van der Waals surface area contributed by atoms with E-state index in [-0.39, 0.29) is 5.91 Å². The van der Waals surface area contributed by atoms with Crippen molar-refractivity contribution >= 4 is 17.2 Å². The van der Waals surface area contributed by atoms with Crippen LogP contribution in [0.5, 0.6) is 0 Å². The van der Waals surface area contributed by atoms with Crippen LogP contribution in [0.25, 0.3) is 10.6 Å². The van der Waals surface area contributed by atoms with Crippen LogP contribution in [0.1, 0.15) is 23.4 Å². The third kappa shape index (κ3) is 4.18. The Bertz CT molecular complexity index is 648. The topological polar surface area (TPSA) is 45.2 Å². The third-order valence-electron chi connectivity index (χ3n) is 4.19. The van der Waals surface area contributed by atoms with Crippen molar-refractivity contribution in [2.75, 3.05) is 26.2 Å². The van der Waals surface area contributed by atoms with Crippen LogP contribution in [-0.2, 0) is 11.2 Å². The molecule has 1 saturated heterocycles. The van der Waals surface area contributed by atoms with E-state index in [1.165, 1.54) is 10.4 Å². The standard InChI is InChI=1S/C18H23N3OS/c1-14-16(20-18(23-14)15-7-3-2-4-8-15)9-10-19-13-17(22)21-11-5-6-12-21/h2-4,7-8,19H,5-6,9-13H2,1H3. The molecule has 23 heavy (non-hydrogen) atoms. The lowest BCUT2D eigenvalue weighted by Gasteiger charge is -2.15. The molecule has 0 aliphatic carbocycles. The fourth-order valence-electron chi connectivity index (χ4n) is 2.84. The number of nitrogens with zero attached hydrogens (tertiary/aromatic N) is 2. The number of hydrogen-bond donors (Lipinski definition) is 1. The summed E-state index contributed by atoms with van der Waals surface area (Å²) in [7, 11) is 0. The molecule has 0 saturated carbocycles. The first-order valence-electron chi connectivity index (χ1n) is 8.24.